The van der Waals surface area contributed by atoms with Crippen LogP contribution < -0.4 is 10.1 Å². The molecular formula is C21H22N2O3. The van der Waals surface area contributed by atoms with Crippen molar-refractivity contribution < 1.29 is 14.6 Å². The maximum atomic E-state index is 12.5. The number of nitrogens with one attached hydrogen (secondary N) is 1. The molecule has 0 aliphatic rings. The first kappa shape index (κ1) is 19.0. The Morgan fingerprint density at radius 1 is 1.08 bits per heavy atom. The lowest BCUT2D eigenvalue weighted by atomic mass is 10.0. The topological polar surface area (TPSA) is 71.5 Å². The molecule has 0 spiro atoms. The smallest absolute Gasteiger partial charge is 0.257 e. The summed E-state index contributed by atoms with van der Waals surface area (Å²) < 4.78 is 5.13. The molecule has 0 unspecified atom stereocenters. The molecular weight excluding hydrogens is 328 g/mol. The van der Waals surface area contributed by atoms with Gasteiger partial charge in [0, 0.05) is 23.6 Å². The highest BCUT2D eigenvalue weighted by molar-refractivity contribution is 6.05. The Balaban J connectivity index is 0.00000243. The zero-order valence-electron chi connectivity index (χ0n) is 14.0. The maximum absolute atomic E-state index is 12.5. The average molecular weight is 350 g/mol. The number of methoxy groups -OCH3 is 1. The molecule has 5 nitrogen and oxygen atoms in total. The number of phenolic OH excluding ortho intramolecular Hbond substituents is 1. The van der Waals surface area contributed by atoms with Crippen LogP contribution in [-0.2, 0) is 0 Å². The number of carbonyl (C=O) groups is 1. The van der Waals surface area contributed by atoms with E-state index in [0.29, 0.717) is 11.3 Å². The van der Waals surface area contributed by atoms with E-state index in [-0.39, 0.29) is 19.1 Å². The normalized spacial score (nSPS) is 9.92. The summed E-state index contributed by atoms with van der Waals surface area (Å²) in [6.07, 6.45) is 3.19. The van der Waals surface area contributed by atoms with Gasteiger partial charge in [-0.1, -0.05) is 31.7 Å². The molecule has 0 aliphatic heterocycles. The molecule has 0 saturated heterocycles. The number of amides is 1. The number of aromatic nitrogens is 1. The number of anilines is 1. The monoisotopic (exact) mass is 350 g/mol. The molecule has 0 radical (unpaired) electrons. The lowest BCUT2D eigenvalue weighted by Crippen LogP contribution is -2.13. The molecule has 0 atom stereocenters. The summed E-state index contributed by atoms with van der Waals surface area (Å²) >= 11 is 0. The van der Waals surface area contributed by atoms with E-state index in [4.69, 9.17) is 4.74 Å². The second-order valence-electron chi connectivity index (χ2n) is 5.62. The summed E-state index contributed by atoms with van der Waals surface area (Å²) in [4.78, 5) is 16.7. The number of hydrogen-bond donors (Lipinski definition) is 2. The fraction of sp³-hybridized carbons (Fsp3) is 0.143. The van der Waals surface area contributed by atoms with Gasteiger partial charge in [0.15, 0.2) is 11.5 Å². The predicted molar refractivity (Wildman–Crippen MR) is 104 cm³/mol. The van der Waals surface area contributed by atoms with Gasteiger partial charge < -0.3 is 15.2 Å². The zero-order chi connectivity index (χ0) is 17.8. The Labute approximate surface area is 153 Å². The van der Waals surface area contributed by atoms with Crippen LogP contribution in [0.2, 0.25) is 0 Å². The van der Waals surface area contributed by atoms with Crippen molar-refractivity contribution in [2.75, 3.05) is 12.4 Å². The number of pyridine rings is 1. The van der Waals surface area contributed by atoms with E-state index < -0.39 is 0 Å². The zero-order valence-corrected chi connectivity index (χ0v) is 14.0. The second-order valence-corrected chi connectivity index (χ2v) is 5.62. The minimum absolute atomic E-state index is 0. The summed E-state index contributed by atoms with van der Waals surface area (Å²) in [7, 11) is 1.49. The molecule has 0 saturated carbocycles. The third-order valence-corrected chi connectivity index (χ3v) is 3.91. The van der Waals surface area contributed by atoms with Crippen molar-refractivity contribution in [1.29, 1.82) is 0 Å². The first-order valence-electron chi connectivity index (χ1n) is 7.78. The molecule has 3 aromatic rings. The standard InChI is InChI=1S/C20H18N2O3.CH4/c1-13-5-3-4-6-17(13)22-20(24)16-9-15(11-21-12-16)14-7-8-18(23)19(10-14)25-2;/h3-12,23H,1-2H3,(H,22,24);1H4. The molecule has 0 bridgehead atoms. The Hall–Kier alpha value is -3.34. The number of hydrogen-bond acceptors (Lipinski definition) is 4. The van der Waals surface area contributed by atoms with Gasteiger partial charge in [-0.3, -0.25) is 9.78 Å². The molecule has 1 heterocycles. The molecule has 2 N–H and O–H groups in total. The van der Waals surface area contributed by atoms with E-state index in [2.05, 4.69) is 10.3 Å². The van der Waals surface area contributed by atoms with Gasteiger partial charge in [-0.05, 0) is 42.3 Å². The van der Waals surface area contributed by atoms with Crippen LogP contribution >= 0.6 is 0 Å². The van der Waals surface area contributed by atoms with E-state index in [1.54, 1.807) is 30.5 Å². The van der Waals surface area contributed by atoms with E-state index in [1.807, 2.05) is 31.2 Å². The molecule has 2 aromatic carbocycles. The summed E-state index contributed by atoms with van der Waals surface area (Å²) in [6.45, 7) is 1.94. The molecule has 134 valence electrons. The van der Waals surface area contributed by atoms with E-state index in [0.717, 1.165) is 22.4 Å². The number of aromatic hydroxyl groups is 1. The number of benzene rings is 2. The maximum Gasteiger partial charge on any atom is 0.257 e. The highest BCUT2D eigenvalue weighted by atomic mass is 16.5. The highest BCUT2D eigenvalue weighted by Gasteiger charge is 2.11. The van der Waals surface area contributed by atoms with Gasteiger partial charge in [-0.25, -0.2) is 0 Å². The Morgan fingerprint density at radius 2 is 1.85 bits per heavy atom. The largest absolute Gasteiger partial charge is 0.504 e. The van der Waals surface area contributed by atoms with E-state index in [1.165, 1.54) is 13.3 Å². The minimum atomic E-state index is -0.227. The summed E-state index contributed by atoms with van der Waals surface area (Å²) in [5.41, 5.74) is 3.77. The van der Waals surface area contributed by atoms with Crippen LogP contribution in [0.3, 0.4) is 0 Å². The third kappa shape index (κ3) is 4.00. The minimum Gasteiger partial charge on any atom is -0.504 e. The van der Waals surface area contributed by atoms with Crippen molar-refractivity contribution in [3.8, 4) is 22.6 Å². The number of nitrogens with zero attached hydrogens (tertiary/aromatic N) is 1. The molecule has 0 fully saturated rings. The summed E-state index contributed by atoms with van der Waals surface area (Å²) in [5, 5.41) is 12.6. The molecule has 26 heavy (non-hydrogen) atoms. The Kier molecular flexibility index (Phi) is 5.96. The van der Waals surface area contributed by atoms with Gasteiger partial charge in [-0.15, -0.1) is 0 Å². The van der Waals surface area contributed by atoms with E-state index in [9.17, 15) is 9.90 Å². The SMILES string of the molecule is C.COc1cc(-c2cncc(C(=O)Nc3ccccc3C)c2)ccc1O. The van der Waals surface area contributed by atoms with Crippen LogP contribution in [0.5, 0.6) is 11.5 Å². The van der Waals surface area contributed by atoms with Crippen molar-refractivity contribution >= 4 is 11.6 Å². The number of rotatable bonds is 4. The first-order chi connectivity index (χ1) is 12.1. The summed E-state index contributed by atoms with van der Waals surface area (Å²) in [6, 6.07) is 14.3. The number of ether oxygens (including phenoxy) is 1. The van der Waals surface area contributed by atoms with Crippen LogP contribution in [0.4, 0.5) is 5.69 Å². The van der Waals surface area contributed by atoms with Crippen LogP contribution in [0.25, 0.3) is 11.1 Å². The second kappa shape index (κ2) is 8.16. The van der Waals surface area contributed by atoms with Gasteiger partial charge >= 0.3 is 0 Å². The van der Waals surface area contributed by atoms with Crippen molar-refractivity contribution in [3.05, 3.63) is 72.1 Å². The molecule has 5 heteroatoms. The average Bonchev–Trinajstić information content (AvgIpc) is 2.64. The quantitative estimate of drug-likeness (QED) is 0.718. The van der Waals surface area contributed by atoms with Gasteiger partial charge in [-0.2, -0.15) is 0 Å². The van der Waals surface area contributed by atoms with Gasteiger partial charge in [0.2, 0.25) is 0 Å². The van der Waals surface area contributed by atoms with Gasteiger partial charge in [0.25, 0.3) is 5.91 Å². The Morgan fingerprint density at radius 3 is 2.58 bits per heavy atom. The lowest BCUT2D eigenvalue weighted by Gasteiger charge is -2.10. The first-order valence-corrected chi connectivity index (χ1v) is 7.78. The fourth-order valence-electron chi connectivity index (χ4n) is 2.49. The summed E-state index contributed by atoms with van der Waals surface area (Å²) in [5.74, 6) is 0.203. The molecule has 0 aliphatic carbocycles. The lowest BCUT2D eigenvalue weighted by molar-refractivity contribution is 0.102. The Bertz CT molecular complexity index is 923. The van der Waals surface area contributed by atoms with Crippen molar-refractivity contribution in [2.45, 2.75) is 14.4 Å². The predicted octanol–water partition coefficient (Wildman–Crippen LogP) is 4.66. The number of aryl methyl sites for hydroxylation is 1. The highest BCUT2D eigenvalue weighted by Crippen LogP contribution is 2.31. The number of para-hydroxylation sites is 1. The number of carbonyl (C=O) groups excluding carboxylic acids is 1. The molecule has 1 aromatic heterocycles. The van der Waals surface area contributed by atoms with Crippen molar-refractivity contribution in [1.82, 2.24) is 4.98 Å². The van der Waals surface area contributed by atoms with Crippen LogP contribution in [0, 0.1) is 6.92 Å². The molecule has 1 amide bonds. The van der Waals surface area contributed by atoms with Crippen molar-refractivity contribution in [2.24, 2.45) is 0 Å². The van der Waals surface area contributed by atoms with Crippen molar-refractivity contribution in [3.63, 3.8) is 0 Å². The number of phenols is 1. The van der Waals surface area contributed by atoms with Crippen LogP contribution in [0.15, 0.2) is 60.9 Å². The van der Waals surface area contributed by atoms with Gasteiger partial charge in [0.1, 0.15) is 0 Å². The van der Waals surface area contributed by atoms with Gasteiger partial charge in [0.05, 0.1) is 12.7 Å². The fourth-order valence-corrected chi connectivity index (χ4v) is 2.49. The van der Waals surface area contributed by atoms with Crippen LogP contribution in [0.1, 0.15) is 23.3 Å². The third-order valence-electron chi connectivity index (χ3n) is 3.91. The van der Waals surface area contributed by atoms with Crippen LogP contribution in [-0.4, -0.2) is 23.1 Å². The van der Waals surface area contributed by atoms with E-state index >= 15 is 0 Å². The molecule has 3 rings (SSSR count).